The van der Waals surface area contributed by atoms with E-state index in [1.807, 2.05) is 0 Å². The Morgan fingerprint density at radius 1 is 0.571 bits per heavy atom. The first-order valence-electron chi connectivity index (χ1n) is 4.32. The minimum absolute atomic E-state index is 0. The molecule has 74 valence electrons. The molecule has 2 rings (SSSR count). The van der Waals surface area contributed by atoms with E-state index in [9.17, 15) is 0 Å². The maximum Gasteiger partial charge on any atom is 0 e. The first-order valence-corrected chi connectivity index (χ1v) is 5.32. The van der Waals surface area contributed by atoms with Crippen LogP contribution in [0.1, 0.15) is 0 Å². The molecule has 0 aromatic heterocycles. The molecule has 0 saturated heterocycles. The van der Waals surface area contributed by atoms with Crippen molar-refractivity contribution < 1.29 is 16.5 Å². The van der Waals surface area contributed by atoms with Crippen LogP contribution in [-0.4, -0.2) is 0 Å². The van der Waals surface area contributed by atoms with Gasteiger partial charge in [-0.3, -0.25) is 0 Å². The van der Waals surface area contributed by atoms with Gasteiger partial charge in [-0.25, -0.2) is 0 Å². The Morgan fingerprint density at radius 2 is 0.929 bits per heavy atom. The molecule has 2 heteroatoms. The van der Waals surface area contributed by atoms with Crippen molar-refractivity contribution >= 4 is 19.2 Å². The molecular formula is C12H11NiP. The summed E-state index contributed by atoms with van der Waals surface area (Å²) in [6.45, 7) is 0. The summed E-state index contributed by atoms with van der Waals surface area (Å²) >= 11 is 0. The standard InChI is InChI=1S/C12H11P.Ni/c1-3-7-11(8-4-1)13-12-9-5-2-6-10-12;/h1-10,13H;. The van der Waals surface area contributed by atoms with Crippen LogP contribution >= 0.6 is 8.58 Å². The minimum Gasteiger partial charge on any atom is -0.0622 e. The molecule has 0 spiro atoms. The zero-order valence-corrected chi connectivity index (χ0v) is 9.58. The zero-order valence-electron chi connectivity index (χ0n) is 7.59. The van der Waals surface area contributed by atoms with Gasteiger partial charge in [-0.1, -0.05) is 69.2 Å². The van der Waals surface area contributed by atoms with Gasteiger partial charge in [0.1, 0.15) is 0 Å². The van der Waals surface area contributed by atoms with Gasteiger partial charge >= 0.3 is 0 Å². The van der Waals surface area contributed by atoms with Gasteiger partial charge in [0.2, 0.25) is 0 Å². The van der Waals surface area contributed by atoms with E-state index in [2.05, 4.69) is 60.7 Å². The third kappa shape index (κ3) is 3.26. The van der Waals surface area contributed by atoms with Crippen molar-refractivity contribution in [2.45, 2.75) is 0 Å². The van der Waals surface area contributed by atoms with Crippen LogP contribution in [-0.2, 0) is 16.5 Å². The van der Waals surface area contributed by atoms with Crippen LogP contribution < -0.4 is 10.6 Å². The third-order valence-electron chi connectivity index (χ3n) is 1.84. The van der Waals surface area contributed by atoms with Crippen molar-refractivity contribution in [3.63, 3.8) is 0 Å². The summed E-state index contributed by atoms with van der Waals surface area (Å²) in [7, 11) is 0.777. The Labute approximate surface area is 96.5 Å². The molecule has 0 N–H and O–H groups in total. The summed E-state index contributed by atoms with van der Waals surface area (Å²) in [6, 6.07) is 21.2. The normalized spacial score (nSPS) is 9.14. The molecule has 0 aliphatic rings. The molecule has 2 aromatic rings. The summed E-state index contributed by atoms with van der Waals surface area (Å²) in [4.78, 5) is 0. The van der Waals surface area contributed by atoms with E-state index in [0.29, 0.717) is 0 Å². The predicted octanol–water partition coefficient (Wildman–Crippen LogP) is 2.31. The van der Waals surface area contributed by atoms with Crippen LogP contribution in [0.4, 0.5) is 0 Å². The number of benzene rings is 2. The average Bonchev–Trinajstić information content (AvgIpc) is 2.21. The van der Waals surface area contributed by atoms with E-state index in [-0.39, 0.29) is 16.5 Å². The van der Waals surface area contributed by atoms with Crippen LogP contribution in [0.2, 0.25) is 0 Å². The fourth-order valence-corrected chi connectivity index (χ4v) is 2.26. The van der Waals surface area contributed by atoms with E-state index < -0.39 is 0 Å². The molecule has 0 radical (unpaired) electrons. The molecule has 0 saturated carbocycles. The third-order valence-corrected chi connectivity index (χ3v) is 3.08. The molecule has 0 unspecified atom stereocenters. The SMILES string of the molecule is [Ni].c1ccc(Pc2ccccc2)cc1. The Balaban J connectivity index is 0.000000980. The van der Waals surface area contributed by atoms with Gasteiger partial charge in [-0.05, 0) is 10.6 Å². The van der Waals surface area contributed by atoms with E-state index in [0.717, 1.165) is 8.58 Å². The second-order valence-electron chi connectivity index (χ2n) is 2.86. The van der Waals surface area contributed by atoms with Crippen molar-refractivity contribution in [1.29, 1.82) is 0 Å². The van der Waals surface area contributed by atoms with E-state index in [1.165, 1.54) is 10.6 Å². The largest absolute Gasteiger partial charge is 0.0622 e. The smallest absolute Gasteiger partial charge is 0 e. The van der Waals surface area contributed by atoms with Gasteiger partial charge in [0.25, 0.3) is 0 Å². The van der Waals surface area contributed by atoms with Gasteiger partial charge in [-0.15, -0.1) is 0 Å². The predicted molar refractivity (Wildman–Crippen MR) is 60.5 cm³/mol. The number of hydrogen-bond donors (Lipinski definition) is 0. The summed E-state index contributed by atoms with van der Waals surface area (Å²) in [6.07, 6.45) is 0. The van der Waals surface area contributed by atoms with Crippen LogP contribution in [0.25, 0.3) is 0 Å². The maximum atomic E-state index is 2.17. The molecule has 0 aliphatic carbocycles. The van der Waals surface area contributed by atoms with Gasteiger partial charge in [0.05, 0.1) is 0 Å². The first kappa shape index (κ1) is 11.4. The molecule has 0 amide bonds. The monoisotopic (exact) mass is 244 g/mol. The minimum atomic E-state index is 0. The quantitative estimate of drug-likeness (QED) is 0.562. The second kappa shape index (κ2) is 5.96. The maximum absolute atomic E-state index is 2.17. The van der Waals surface area contributed by atoms with Crippen molar-refractivity contribution in [3.8, 4) is 0 Å². The van der Waals surface area contributed by atoms with Gasteiger partial charge in [-0.2, -0.15) is 0 Å². The Kier molecular flexibility index (Phi) is 4.87. The molecule has 0 nitrogen and oxygen atoms in total. The Morgan fingerprint density at radius 3 is 1.29 bits per heavy atom. The Bertz CT molecular complexity index is 321. The van der Waals surface area contributed by atoms with Crippen LogP contribution in [0, 0.1) is 0 Å². The van der Waals surface area contributed by atoms with Gasteiger partial charge in [0.15, 0.2) is 0 Å². The molecule has 0 atom stereocenters. The molecule has 0 aliphatic heterocycles. The van der Waals surface area contributed by atoms with Crippen LogP contribution in [0.5, 0.6) is 0 Å². The fraction of sp³-hybridized carbons (Fsp3) is 0. The zero-order chi connectivity index (χ0) is 8.93. The van der Waals surface area contributed by atoms with E-state index in [4.69, 9.17) is 0 Å². The molecular weight excluding hydrogens is 234 g/mol. The van der Waals surface area contributed by atoms with Crippen LogP contribution in [0.3, 0.4) is 0 Å². The van der Waals surface area contributed by atoms with Gasteiger partial charge < -0.3 is 0 Å². The molecule has 0 heterocycles. The summed E-state index contributed by atoms with van der Waals surface area (Å²) < 4.78 is 0. The topological polar surface area (TPSA) is 0 Å². The molecule has 14 heavy (non-hydrogen) atoms. The number of hydrogen-bond acceptors (Lipinski definition) is 0. The van der Waals surface area contributed by atoms with E-state index in [1.54, 1.807) is 0 Å². The van der Waals surface area contributed by atoms with Crippen molar-refractivity contribution in [2.24, 2.45) is 0 Å². The Hall–Kier alpha value is -0.636. The molecule has 0 bridgehead atoms. The van der Waals surface area contributed by atoms with Crippen molar-refractivity contribution in [3.05, 3.63) is 60.7 Å². The molecule has 0 fully saturated rings. The average molecular weight is 245 g/mol. The molecule has 2 aromatic carbocycles. The van der Waals surface area contributed by atoms with E-state index >= 15 is 0 Å². The summed E-state index contributed by atoms with van der Waals surface area (Å²) in [5.41, 5.74) is 0. The summed E-state index contributed by atoms with van der Waals surface area (Å²) in [5.74, 6) is 0. The summed E-state index contributed by atoms with van der Waals surface area (Å²) in [5, 5.41) is 2.79. The van der Waals surface area contributed by atoms with Crippen molar-refractivity contribution in [2.75, 3.05) is 0 Å². The first-order chi connectivity index (χ1) is 6.45. The fourth-order valence-electron chi connectivity index (χ4n) is 1.21. The van der Waals surface area contributed by atoms with Gasteiger partial charge in [0, 0.05) is 16.5 Å². The van der Waals surface area contributed by atoms with Crippen LogP contribution in [0.15, 0.2) is 60.7 Å². The second-order valence-corrected chi connectivity index (χ2v) is 4.26. The number of rotatable bonds is 2. The van der Waals surface area contributed by atoms with Crippen molar-refractivity contribution in [1.82, 2.24) is 0 Å².